The molecule has 0 saturated heterocycles. The van der Waals surface area contributed by atoms with Gasteiger partial charge in [0, 0.05) is 0 Å². The van der Waals surface area contributed by atoms with Crippen LogP contribution in [0, 0.1) is 6.92 Å². The number of oxime groups is 1. The zero-order valence-corrected chi connectivity index (χ0v) is 15.2. The molecule has 0 atom stereocenters. The summed E-state index contributed by atoms with van der Waals surface area (Å²) in [4.78, 5) is 5.60. The maximum Gasteiger partial charge on any atom is 0.142 e. The summed E-state index contributed by atoms with van der Waals surface area (Å²) in [6.45, 7) is 4.56. The minimum Gasteiger partial charge on any atom is -0.457 e. The van der Waals surface area contributed by atoms with Crippen LogP contribution in [0.5, 0.6) is 11.5 Å². The molecule has 0 N–H and O–H groups in total. The monoisotopic (exact) mass is 345 g/mol. The van der Waals surface area contributed by atoms with Crippen molar-refractivity contribution in [2.45, 2.75) is 26.9 Å². The van der Waals surface area contributed by atoms with Gasteiger partial charge in [-0.05, 0) is 48.7 Å². The molecule has 0 heterocycles. The molecule has 3 heteroatoms. The van der Waals surface area contributed by atoms with Gasteiger partial charge in [0.25, 0.3) is 0 Å². The van der Waals surface area contributed by atoms with Gasteiger partial charge in [-0.25, -0.2) is 0 Å². The van der Waals surface area contributed by atoms with Crippen molar-refractivity contribution in [3.63, 3.8) is 0 Å². The Bertz CT molecular complexity index is 855. The third-order valence-electron chi connectivity index (χ3n) is 4.00. The first kappa shape index (κ1) is 17.7. The molecule has 3 aromatic rings. The van der Waals surface area contributed by atoms with Gasteiger partial charge < -0.3 is 9.57 Å². The van der Waals surface area contributed by atoms with Gasteiger partial charge in [-0.3, -0.25) is 0 Å². The molecule has 3 rings (SSSR count). The second-order valence-corrected chi connectivity index (χ2v) is 6.09. The van der Waals surface area contributed by atoms with E-state index in [4.69, 9.17) is 9.57 Å². The molecule has 0 aliphatic carbocycles. The molecule has 0 unspecified atom stereocenters. The lowest BCUT2D eigenvalue weighted by molar-refractivity contribution is 0.130. The molecule has 0 bridgehead atoms. The number of benzene rings is 3. The first-order chi connectivity index (χ1) is 12.7. The van der Waals surface area contributed by atoms with Gasteiger partial charge in [-0.1, -0.05) is 72.2 Å². The van der Waals surface area contributed by atoms with Crippen LogP contribution in [0.2, 0.25) is 0 Å². The van der Waals surface area contributed by atoms with E-state index in [9.17, 15) is 0 Å². The van der Waals surface area contributed by atoms with Crippen LogP contribution in [-0.2, 0) is 11.4 Å². The number of ether oxygens (including phenoxy) is 1. The molecule has 0 aliphatic heterocycles. The average Bonchev–Trinajstić information content (AvgIpc) is 2.67. The Morgan fingerprint density at radius 3 is 2.31 bits per heavy atom. The minimum atomic E-state index is 0.404. The highest BCUT2D eigenvalue weighted by molar-refractivity contribution is 6.00. The first-order valence-electron chi connectivity index (χ1n) is 8.82. The second kappa shape index (κ2) is 8.86. The molecule has 0 spiro atoms. The number of hydrogen-bond acceptors (Lipinski definition) is 3. The van der Waals surface area contributed by atoms with Crippen molar-refractivity contribution < 1.29 is 9.57 Å². The number of rotatable bonds is 7. The molecule has 3 nitrogen and oxygen atoms in total. The van der Waals surface area contributed by atoms with E-state index in [1.807, 2.05) is 54.6 Å². The number of nitrogens with zero attached hydrogens (tertiary/aromatic N) is 1. The van der Waals surface area contributed by atoms with Crippen molar-refractivity contribution in [3.05, 3.63) is 95.6 Å². The Hall–Kier alpha value is -3.07. The van der Waals surface area contributed by atoms with Crippen molar-refractivity contribution >= 4 is 5.71 Å². The predicted molar refractivity (Wildman–Crippen MR) is 106 cm³/mol. The van der Waals surface area contributed by atoms with Crippen LogP contribution in [0.15, 0.2) is 84.0 Å². The van der Waals surface area contributed by atoms with Crippen LogP contribution >= 0.6 is 0 Å². The van der Waals surface area contributed by atoms with Crippen LogP contribution in [0.1, 0.15) is 30.0 Å². The van der Waals surface area contributed by atoms with E-state index in [-0.39, 0.29) is 0 Å². The summed E-state index contributed by atoms with van der Waals surface area (Å²) in [6.07, 6.45) is 0.820. The SMILES string of the molecule is CC/C(=N\OCc1cccc(Oc2ccccc2)c1)c1ccc(C)cc1. The lowest BCUT2D eigenvalue weighted by Gasteiger charge is -2.08. The van der Waals surface area contributed by atoms with E-state index >= 15 is 0 Å². The van der Waals surface area contributed by atoms with Crippen LogP contribution < -0.4 is 4.74 Å². The smallest absolute Gasteiger partial charge is 0.142 e. The Morgan fingerprint density at radius 2 is 1.58 bits per heavy atom. The minimum absolute atomic E-state index is 0.404. The lowest BCUT2D eigenvalue weighted by atomic mass is 10.1. The third kappa shape index (κ3) is 4.96. The first-order valence-corrected chi connectivity index (χ1v) is 8.82. The highest BCUT2D eigenvalue weighted by Crippen LogP contribution is 2.22. The zero-order chi connectivity index (χ0) is 18.2. The fraction of sp³-hybridized carbons (Fsp3) is 0.174. The number of hydrogen-bond donors (Lipinski definition) is 0. The highest BCUT2D eigenvalue weighted by Gasteiger charge is 2.03. The molecule has 0 amide bonds. The van der Waals surface area contributed by atoms with E-state index in [1.165, 1.54) is 5.56 Å². The van der Waals surface area contributed by atoms with Gasteiger partial charge in [0.2, 0.25) is 0 Å². The summed E-state index contributed by atoms with van der Waals surface area (Å²) in [5.41, 5.74) is 4.29. The van der Waals surface area contributed by atoms with Crippen molar-refractivity contribution in [3.8, 4) is 11.5 Å². The maximum atomic E-state index is 5.86. The quantitative estimate of drug-likeness (QED) is 0.381. The topological polar surface area (TPSA) is 30.8 Å². The van der Waals surface area contributed by atoms with Crippen LogP contribution in [0.3, 0.4) is 0 Å². The molecule has 0 fully saturated rings. The molecule has 0 saturated carbocycles. The van der Waals surface area contributed by atoms with Gasteiger partial charge in [0.05, 0.1) is 5.71 Å². The summed E-state index contributed by atoms with van der Waals surface area (Å²) in [7, 11) is 0. The average molecular weight is 345 g/mol. The van der Waals surface area contributed by atoms with Gasteiger partial charge in [0.15, 0.2) is 0 Å². The molecular formula is C23H23NO2. The molecule has 0 radical (unpaired) electrons. The molecular weight excluding hydrogens is 322 g/mol. The summed E-state index contributed by atoms with van der Waals surface area (Å²) < 4.78 is 5.86. The maximum absolute atomic E-state index is 5.86. The third-order valence-corrected chi connectivity index (χ3v) is 4.00. The second-order valence-electron chi connectivity index (χ2n) is 6.09. The largest absolute Gasteiger partial charge is 0.457 e. The van der Waals surface area contributed by atoms with E-state index in [0.29, 0.717) is 6.61 Å². The standard InChI is InChI=1S/C23H23NO2/c1-3-23(20-14-12-18(2)13-15-20)24-25-17-19-8-7-11-22(16-19)26-21-9-5-4-6-10-21/h4-16H,3,17H2,1-2H3/b24-23+. The van der Waals surface area contributed by atoms with Gasteiger partial charge in [-0.2, -0.15) is 0 Å². The van der Waals surface area contributed by atoms with Crippen molar-refractivity contribution in [1.82, 2.24) is 0 Å². The van der Waals surface area contributed by atoms with Gasteiger partial charge >= 0.3 is 0 Å². The Kier molecular flexibility index (Phi) is 6.05. The summed E-state index contributed by atoms with van der Waals surface area (Å²) in [5, 5.41) is 4.33. The fourth-order valence-electron chi connectivity index (χ4n) is 2.58. The highest BCUT2D eigenvalue weighted by atomic mass is 16.6. The van der Waals surface area contributed by atoms with E-state index < -0.39 is 0 Å². The fourth-order valence-corrected chi connectivity index (χ4v) is 2.58. The Labute approximate surface area is 154 Å². The Morgan fingerprint density at radius 1 is 0.846 bits per heavy atom. The van der Waals surface area contributed by atoms with E-state index in [0.717, 1.165) is 34.8 Å². The molecule has 3 aromatic carbocycles. The normalized spacial score (nSPS) is 11.2. The number of aryl methyl sites for hydroxylation is 1. The molecule has 132 valence electrons. The lowest BCUT2D eigenvalue weighted by Crippen LogP contribution is -2.00. The van der Waals surface area contributed by atoms with Crippen LogP contribution in [-0.4, -0.2) is 5.71 Å². The zero-order valence-electron chi connectivity index (χ0n) is 15.2. The summed E-state index contributed by atoms with van der Waals surface area (Å²) >= 11 is 0. The molecule has 0 aromatic heterocycles. The molecule has 0 aliphatic rings. The van der Waals surface area contributed by atoms with Crippen molar-refractivity contribution in [2.75, 3.05) is 0 Å². The van der Waals surface area contributed by atoms with Crippen LogP contribution in [0.4, 0.5) is 0 Å². The number of para-hydroxylation sites is 1. The summed E-state index contributed by atoms with van der Waals surface area (Å²) in [6, 6.07) is 25.9. The predicted octanol–water partition coefficient (Wildman–Crippen LogP) is 6.12. The van der Waals surface area contributed by atoms with Crippen molar-refractivity contribution in [1.29, 1.82) is 0 Å². The summed E-state index contributed by atoms with van der Waals surface area (Å²) in [5.74, 6) is 1.60. The van der Waals surface area contributed by atoms with E-state index in [1.54, 1.807) is 0 Å². The van der Waals surface area contributed by atoms with Gasteiger partial charge in [-0.15, -0.1) is 0 Å². The Balaban J connectivity index is 1.63. The van der Waals surface area contributed by atoms with Crippen LogP contribution in [0.25, 0.3) is 0 Å². The van der Waals surface area contributed by atoms with Crippen molar-refractivity contribution in [2.24, 2.45) is 5.16 Å². The van der Waals surface area contributed by atoms with Gasteiger partial charge in [0.1, 0.15) is 18.1 Å². The van der Waals surface area contributed by atoms with E-state index in [2.05, 4.69) is 43.3 Å². The molecule has 26 heavy (non-hydrogen) atoms.